The molecule has 0 fully saturated rings. The Bertz CT molecular complexity index is 1160. The summed E-state index contributed by atoms with van der Waals surface area (Å²) in [7, 11) is -4.62. The van der Waals surface area contributed by atoms with Crippen molar-refractivity contribution in [3.05, 3.63) is 24.3 Å². The highest BCUT2D eigenvalue weighted by Gasteiger charge is 2.27. The van der Waals surface area contributed by atoms with E-state index in [1.54, 1.807) is 0 Å². The maximum Gasteiger partial charge on any atom is 0.472 e. The lowest BCUT2D eigenvalue weighted by atomic mass is 10.0. The highest BCUT2D eigenvalue weighted by molar-refractivity contribution is 7.47. The smallest absolute Gasteiger partial charge is 0.462 e. The summed E-state index contributed by atoms with van der Waals surface area (Å²) in [6.07, 6.45) is 57.2. The van der Waals surface area contributed by atoms with Crippen LogP contribution in [0.15, 0.2) is 24.3 Å². The lowest BCUT2D eigenvalue weighted by Crippen LogP contribution is -2.29. The molecular formula is C56H107O10P. The van der Waals surface area contributed by atoms with E-state index in [4.69, 9.17) is 23.6 Å². The van der Waals surface area contributed by atoms with Gasteiger partial charge in [0, 0.05) is 12.8 Å². The summed E-state index contributed by atoms with van der Waals surface area (Å²) in [5.41, 5.74) is 0. The molecule has 0 bridgehead atoms. The molecule has 0 aromatic carbocycles. The molecule has 0 aromatic rings. The second-order valence-electron chi connectivity index (χ2n) is 19.3. The van der Waals surface area contributed by atoms with E-state index in [0.717, 1.165) is 38.5 Å². The number of aliphatic hydroxyl groups is 2. The average molecular weight is 971 g/mol. The fourth-order valence-electron chi connectivity index (χ4n) is 8.26. The van der Waals surface area contributed by atoms with E-state index in [1.165, 1.54) is 205 Å². The molecule has 3 unspecified atom stereocenters. The number of aliphatic hydroxyl groups excluding tert-OH is 2. The predicted octanol–water partition coefficient (Wildman–Crippen LogP) is 16.5. The fourth-order valence-corrected chi connectivity index (χ4v) is 9.05. The van der Waals surface area contributed by atoms with Crippen LogP contribution in [0, 0.1) is 0 Å². The lowest BCUT2D eigenvalue weighted by molar-refractivity contribution is -0.161. The van der Waals surface area contributed by atoms with Gasteiger partial charge < -0.3 is 24.6 Å². The molecule has 0 aromatic heterocycles. The van der Waals surface area contributed by atoms with Crippen molar-refractivity contribution >= 4 is 19.8 Å². The maximum atomic E-state index is 12.7. The molecule has 0 spiro atoms. The fraction of sp³-hybridized carbons (Fsp3) is 0.893. The van der Waals surface area contributed by atoms with E-state index < -0.39 is 51.8 Å². The zero-order valence-electron chi connectivity index (χ0n) is 43.6. The minimum Gasteiger partial charge on any atom is -0.462 e. The minimum atomic E-state index is -4.62. The number of unbranched alkanes of at least 4 members (excludes halogenated alkanes) is 36. The van der Waals surface area contributed by atoms with Gasteiger partial charge in [-0.1, -0.05) is 250 Å². The van der Waals surface area contributed by atoms with Gasteiger partial charge in [0.25, 0.3) is 0 Å². The second-order valence-corrected chi connectivity index (χ2v) is 20.8. The van der Waals surface area contributed by atoms with Gasteiger partial charge in [-0.25, -0.2) is 4.57 Å². The van der Waals surface area contributed by atoms with Gasteiger partial charge in [-0.3, -0.25) is 18.6 Å². The number of carbonyl (C=O) groups excluding carboxylic acids is 2. The van der Waals surface area contributed by atoms with Crippen LogP contribution in [0.3, 0.4) is 0 Å². The molecule has 0 amide bonds. The zero-order chi connectivity index (χ0) is 49.0. The first-order valence-electron chi connectivity index (χ1n) is 28.3. The first kappa shape index (κ1) is 65.5. The Morgan fingerprint density at radius 2 is 0.776 bits per heavy atom. The second kappa shape index (κ2) is 52.3. The van der Waals surface area contributed by atoms with Crippen LogP contribution < -0.4 is 0 Å². The number of ether oxygens (including phenoxy) is 2. The Kier molecular flexibility index (Phi) is 51.1. The summed E-state index contributed by atoms with van der Waals surface area (Å²) >= 11 is 0. The monoisotopic (exact) mass is 971 g/mol. The molecule has 11 heteroatoms. The Labute approximate surface area is 412 Å². The van der Waals surface area contributed by atoms with Gasteiger partial charge in [0.05, 0.1) is 19.8 Å². The van der Waals surface area contributed by atoms with E-state index in [-0.39, 0.29) is 19.4 Å². The van der Waals surface area contributed by atoms with Gasteiger partial charge in [0.15, 0.2) is 6.10 Å². The van der Waals surface area contributed by atoms with E-state index >= 15 is 0 Å². The molecule has 0 aliphatic rings. The number of allylic oxidation sites excluding steroid dienone is 4. The van der Waals surface area contributed by atoms with Crippen molar-refractivity contribution in [3.8, 4) is 0 Å². The van der Waals surface area contributed by atoms with Crippen molar-refractivity contribution in [1.29, 1.82) is 0 Å². The van der Waals surface area contributed by atoms with Crippen molar-refractivity contribution in [1.82, 2.24) is 0 Å². The summed E-state index contributed by atoms with van der Waals surface area (Å²) in [6.45, 7) is 2.44. The highest BCUT2D eigenvalue weighted by Crippen LogP contribution is 2.43. The van der Waals surface area contributed by atoms with Gasteiger partial charge in [-0.05, 0) is 44.9 Å². The Balaban J connectivity index is 4.09. The number of phosphoric ester groups is 1. The minimum absolute atomic E-state index is 0.185. The van der Waals surface area contributed by atoms with Crippen LogP contribution in [0.25, 0.3) is 0 Å². The van der Waals surface area contributed by atoms with E-state index in [9.17, 15) is 24.2 Å². The standard InChI is InChI=1S/C56H107O10P/c1-3-5-7-9-11-13-15-17-19-21-23-25-26-28-30-32-34-36-38-40-42-44-46-48-56(60)66-54(52-65-67(61,62)64-50-53(58)49-57)51-63-55(59)47-45-43-41-39-37-35-33-31-29-27-24-22-20-18-16-14-12-10-8-6-4-2/h15,17,21,23,53-54,57-58H,3-14,16,18-20,22,24-52H2,1-2H3,(H,61,62)/b17-15-,23-21-. The Morgan fingerprint density at radius 3 is 1.15 bits per heavy atom. The summed E-state index contributed by atoms with van der Waals surface area (Å²) < 4.78 is 33.0. The molecular weight excluding hydrogens is 864 g/mol. The Morgan fingerprint density at radius 1 is 0.448 bits per heavy atom. The van der Waals surface area contributed by atoms with Crippen LogP contribution >= 0.6 is 7.82 Å². The first-order chi connectivity index (χ1) is 32.7. The quantitative estimate of drug-likeness (QED) is 0.0233. The normalized spacial score (nSPS) is 13.7. The van der Waals surface area contributed by atoms with Crippen LogP contribution in [-0.2, 0) is 32.7 Å². The van der Waals surface area contributed by atoms with Crippen molar-refractivity contribution in [2.75, 3.05) is 26.4 Å². The van der Waals surface area contributed by atoms with Crippen molar-refractivity contribution in [2.45, 2.75) is 296 Å². The van der Waals surface area contributed by atoms with Gasteiger partial charge >= 0.3 is 19.8 Å². The molecule has 0 saturated heterocycles. The van der Waals surface area contributed by atoms with Crippen LogP contribution in [0.4, 0.5) is 0 Å². The van der Waals surface area contributed by atoms with E-state index in [2.05, 4.69) is 38.2 Å². The largest absolute Gasteiger partial charge is 0.472 e. The predicted molar refractivity (Wildman–Crippen MR) is 279 cm³/mol. The third kappa shape index (κ3) is 52.1. The van der Waals surface area contributed by atoms with Gasteiger partial charge in [-0.15, -0.1) is 0 Å². The topological polar surface area (TPSA) is 149 Å². The van der Waals surface area contributed by atoms with E-state index in [1.807, 2.05) is 0 Å². The number of rotatable bonds is 54. The molecule has 0 saturated carbocycles. The summed E-state index contributed by atoms with van der Waals surface area (Å²) in [4.78, 5) is 35.3. The summed E-state index contributed by atoms with van der Waals surface area (Å²) in [5, 5.41) is 18.4. The number of carbonyl (C=O) groups is 2. The Hall–Kier alpha value is -1.55. The van der Waals surface area contributed by atoms with Crippen molar-refractivity contribution < 1.29 is 47.8 Å². The molecule has 67 heavy (non-hydrogen) atoms. The van der Waals surface area contributed by atoms with Crippen LogP contribution in [0.5, 0.6) is 0 Å². The molecule has 3 atom stereocenters. The van der Waals surface area contributed by atoms with Gasteiger partial charge in [-0.2, -0.15) is 0 Å². The zero-order valence-corrected chi connectivity index (χ0v) is 44.5. The third-order valence-electron chi connectivity index (χ3n) is 12.6. The number of esters is 2. The van der Waals surface area contributed by atoms with Crippen molar-refractivity contribution in [2.24, 2.45) is 0 Å². The van der Waals surface area contributed by atoms with Gasteiger partial charge in [0.2, 0.25) is 0 Å². The molecule has 0 heterocycles. The lowest BCUT2D eigenvalue weighted by Gasteiger charge is -2.20. The van der Waals surface area contributed by atoms with Gasteiger partial charge in [0.1, 0.15) is 12.7 Å². The van der Waals surface area contributed by atoms with Crippen molar-refractivity contribution in [3.63, 3.8) is 0 Å². The van der Waals surface area contributed by atoms with Crippen LogP contribution in [0.2, 0.25) is 0 Å². The SMILES string of the molecule is CCCCCCC/C=C\C/C=C\CCCCCCCCCCCCCC(=O)OC(COC(=O)CCCCCCCCCCCCCCCCCCCCCCC)COP(=O)(O)OCC(O)CO. The molecule has 0 rings (SSSR count). The molecule has 0 radical (unpaired) electrons. The number of hydrogen-bond donors (Lipinski definition) is 3. The molecule has 3 N–H and O–H groups in total. The third-order valence-corrected chi connectivity index (χ3v) is 13.6. The number of hydrogen-bond acceptors (Lipinski definition) is 9. The molecule has 0 aliphatic carbocycles. The number of phosphoric acid groups is 1. The first-order valence-corrected chi connectivity index (χ1v) is 29.8. The molecule has 0 aliphatic heterocycles. The molecule has 396 valence electrons. The van der Waals surface area contributed by atoms with Crippen LogP contribution in [-0.4, -0.2) is 65.7 Å². The highest BCUT2D eigenvalue weighted by atomic mass is 31.2. The summed E-state index contributed by atoms with van der Waals surface area (Å²) in [5.74, 6) is -0.909. The summed E-state index contributed by atoms with van der Waals surface area (Å²) in [6, 6.07) is 0. The van der Waals surface area contributed by atoms with Crippen LogP contribution in [0.1, 0.15) is 284 Å². The molecule has 10 nitrogen and oxygen atoms in total. The maximum absolute atomic E-state index is 12.7. The van der Waals surface area contributed by atoms with E-state index in [0.29, 0.717) is 12.8 Å². The average Bonchev–Trinajstić information content (AvgIpc) is 3.32.